The summed E-state index contributed by atoms with van der Waals surface area (Å²) < 4.78 is 5.61. The SMILES string of the molecule is CN(Cc1nc2sc3c(c2c(=O)[nH]1)CCC3)C[C@H](O)COC(C)(C)C. The summed E-state index contributed by atoms with van der Waals surface area (Å²) >= 11 is 1.65. The molecule has 0 aliphatic heterocycles. The third kappa shape index (κ3) is 4.47. The Morgan fingerprint density at radius 2 is 2.16 bits per heavy atom. The number of hydrogen-bond acceptors (Lipinski definition) is 6. The minimum Gasteiger partial charge on any atom is -0.389 e. The molecule has 2 N–H and O–H groups in total. The highest BCUT2D eigenvalue weighted by Crippen LogP contribution is 2.34. The molecule has 1 aliphatic rings. The second-order valence-electron chi connectivity index (χ2n) is 7.82. The molecule has 138 valence electrons. The molecule has 2 aromatic heterocycles. The molecule has 0 aromatic carbocycles. The van der Waals surface area contributed by atoms with Gasteiger partial charge in [0, 0.05) is 11.4 Å². The molecule has 1 aliphatic carbocycles. The maximum absolute atomic E-state index is 12.5. The van der Waals surface area contributed by atoms with Crippen LogP contribution in [-0.2, 0) is 24.1 Å². The van der Waals surface area contributed by atoms with E-state index in [0.717, 1.165) is 29.5 Å². The molecular weight excluding hydrogens is 338 g/mol. The van der Waals surface area contributed by atoms with Gasteiger partial charge >= 0.3 is 0 Å². The lowest BCUT2D eigenvalue weighted by Crippen LogP contribution is -2.35. The Labute approximate surface area is 151 Å². The monoisotopic (exact) mass is 365 g/mol. The molecule has 0 saturated carbocycles. The lowest BCUT2D eigenvalue weighted by Gasteiger charge is -2.24. The summed E-state index contributed by atoms with van der Waals surface area (Å²) in [5.74, 6) is 0.642. The highest BCUT2D eigenvalue weighted by atomic mass is 32.1. The summed E-state index contributed by atoms with van der Waals surface area (Å²) in [5.41, 5.74) is 0.893. The van der Waals surface area contributed by atoms with E-state index >= 15 is 0 Å². The van der Waals surface area contributed by atoms with Crippen LogP contribution in [0.5, 0.6) is 0 Å². The summed E-state index contributed by atoms with van der Waals surface area (Å²) in [4.78, 5) is 24.1. The quantitative estimate of drug-likeness (QED) is 0.819. The highest BCUT2D eigenvalue weighted by molar-refractivity contribution is 7.18. The number of ether oxygens (including phenoxy) is 1. The molecule has 6 nitrogen and oxygen atoms in total. The Morgan fingerprint density at radius 3 is 2.88 bits per heavy atom. The Hall–Kier alpha value is -1.28. The van der Waals surface area contributed by atoms with Crippen LogP contribution in [0.2, 0.25) is 0 Å². The van der Waals surface area contributed by atoms with E-state index < -0.39 is 6.10 Å². The number of fused-ring (bicyclic) bond motifs is 3. The van der Waals surface area contributed by atoms with E-state index in [0.29, 0.717) is 18.9 Å². The number of H-pyrrole nitrogens is 1. The molecule has 2 aromatic rings. The van der Waals surface area contributed by atoms with Crippen molar-refractivity contribution in [3.05, 3.63) is 26.6 Å². The molecular formula is C18H27N3O3S. The van der Waals surface area contributed by atoms with Crippen LogP contribution in [0.3, 0.4) is 0 Å². The second-order valence-corrected chi connectivity index (χ2v) is 8.91. The van der Waals surface area contributed by atoms with Gasteiger partial charge in [-0.1, -0.05) is 0 Å². The zero-order valence-electron chi connectivity index (χ0n) is 15.4. The number of nitrogens with one attached hydrogen (secondary N) is 1. The van der Waals surface area contributed by atoms with Gasteiger partial charge in [0.15, 0.2) is 0 Å². The van der Waals surface area contributed by atoms with E-state index in [9.17, 15) is 9.90 Å². The predicted octanol–water partition coefficient (Wildman–Crippen LogP) is 2.08. The van der Waals surface area contributed by atoms with Crippen molar-refractivity contribution in [2.45, 2.75) is 58.3 Å². The molecule has 0 unspecified atom stereocenters. The number of aliphatic hydroxyl groups is 1. The second kappa shape index (κ2) is 7.15. The lowest BCUT2D eigenvalue weighted by molar-refractivity contribution is -0.0551. The van der Waals surface area contributed by atoms with Gasteiger partial charge in [-0.25, -0.2) is 4.98 Å². The van der Waals surface area contributed by atoms with Gasteiger partial charge in [-0.2, -0.15) is 0 Å². The van der Waals surface area contributed by atoms with E-state index in [4.69, 9.17) is 4.74 Å². The van der Waals surface area contributed by atoms with Gasteiger partial charge in [0.05, 0.1) is 30.2 Å². The van der Waals surface area contributed by atoms with Gasteiger partial charge in [-0.15, -0.1) is 11.3 Å². The van der Waals surface area contributed by atoms with Crippen molar-refractivity contribution in [2.24, 2.45) is 0 Å². The summed E-state index contributed by atoms with van der Waals surface area (Å²) in [6.07, 6.45) is 2.60. The van der Waals surface area contributed by atoms with Crippen molar-refractivity contribution in [2.75, 3.05) is 20.2 Å². The van der Waals surface area contributed by atoms with Gasteiger partial charge in [0.2, 0.25) is 0 Å². The number of aryl methyl sites for hydroxylation is 2. The van der Waals surface area contributed by atoms with Crippen LogP contribution < -0.4 is 5.56 Å². The van der Waals surface area contributed by atoms with Crippen LogP contribution in [0.1, 0.15) is 43.5 Å². The normalized spacial score (nSPS) is 15.9. The number of nitrogens with zero attached hydrogens (tertiary/aromatic N) is 2. The highest BCUT2D eigenvalue weighted by Gasteiger charge is 2.21. The zero-order chi connectivity index (χ0) is 18.2. The summed E-state index contributed by atoms with van der Waals surface area (Å²) in [7, 11) is 1.90. The van der Waals surface area contributed by atoms with Gasteiger partial charge in [0.25, 0.3) is 5.56 Å². The fourth-order valence-electron chi connectivity index (χ4n) is 3.20. The molecule has 0 radical (unpaired) electrons. The van der Waals surface area contributed by atoms with Gasteiger partial charge < -0.3 is 14.8 Å². The van der Waals surface area contributed by atoms with Crippen LogP contribution in [0, 0.1) is 0 Å². The molecule has 2 heterocycles. The van der Waals surface area contributed by atoms with Crippen LogP contribution in [0.4, 0.5) is 0 Å². The molecule has 1 atom stereocenters. The van der Waals surface area contributed by atoms with Crippen molar-refractivity contribution in [1.82, 2.24) is 14.9 Å². The first-order valence-corrected chi connectivity index (χ1v) is 9.58. The minimum absolute atomic E-state index is 0.0376. The van der Waals surface area contributed by atoms with E-state index in [2.05, 4.69) is 9.97 Å². The minimum atomic E-state index is -0.579. The van der Waals surface area contributed by atoms with Crippen molar-refractivity contribution in [3.63, 3.8) is 0 Å². The molecule has 0 saturated heterocycles. The molecule has 3 rings (SSSR count). The topological polar surface area (TPSA) is 78.5 Å². The summed E-state index contributed by atoms with van der Waals surface area (Å²) in [6.45, 7) is 7.12. The first kappa shape index (κ1) is 18.5. The number of aromatic nitrogens is 2. The van der Waals surface area contributed by atoms with E-state index in [-0.39, 0.29) is 17.8 Å². The maximum atomic E-state index is 12.5. The predicted molar refractivity (Wildman–Crippen MR) is 100 cm³/mol. The van der Waals surface area contributed by atoms with Crippen LogP contribution in [-0.4, -0.2) is 51.9 Å². The third-order valence-electron chi connectivity index (χ3n) is 4.27. The van der Waals surface area contributed by atoms with Gasteiger partial charge in [-0.05, 0) is 52.6 Å². The number of aromatic amines is 1. The van der Waals surface area contributed by atoms with Crippen molar-refractivity contribution in [3.8, 4) is 0 Å². The largest absolute Gasteiger partial charge is 0.389 e. The fraction of sp³-hybridized carbons (Fsp3) is 0.667. The first-order chi connectivity index (χ1) is 11.7. The van der Waals surface area contributed by atoms with Crippen LogP contribution in [0.25, 0.3) is 10.2 Å². The lowest BCUT2D eigenvalue weighted by atomic mass is 10.2. The Kier molecular flexibility index (Phi) is 5.29. The molecule has 0 bridgehead atoms. The van der Waals surface area contributed by atoms with E-state index in [1.54, 1.807) is 11.3 Å². The van der Waals surface area contributed by atoms with Gasteiger partial charge in [0.1, 0.15) is 10.7 Å². The number of likely N-dealkylation sites (N-methyl/N-ethyl adjacent to an activating group) is 1. The van der Waals surface area contributed by atoms with Crippen molar-refractivity contribution in [1.29, 1.82) is 0 Å². The molecule has 25 heavy (non-hydrogen) atoms. The summed E-state index contributed by atoms with van der Waals surface area (Å²) in [5, 5.41) is 10.9. The van der Waals surface area contributed by atoms with E-state index in [1.807, 2.05) is 32.7 Å². The third-order valence-corrected chi connectivity index (χ3v) is 5.46. The van der Waals surface area contributed by atoms with Crippen molar-refractivity contribution < 1.29 is 9.84 Å². The Bertz CT molecular complexity index is 806. The van der Waals surface area contributed by atoms with Crippen molar-refractivity contribution >= 4 is 21.6 Å². The van der Waals surface area contributed by atoms with Crippen LogP contribution in [0.15, 0.2) is 4.79 Å². The average molecular weight is 365 g/mol. The van der Waals surface area contributed by atoms with Crippen LogP contribution >= 0.6 is 11.3 Å². The number of aliphatic hydroxyl groups excluding tert-OH is 1. The zero-order valence-corrected chi connectivity index (χ0v) is 16.2. The maximum Gasteiger partial charge on any atom is 0.259 e. The van der Waals surface area contributed by atoms with Gasteiger partial charge in [-0.3, -0.25) is 9.69 Å². The van der Waals surface area contributed by atoms with E-state index in [1.165, 1.54) is 10.4 Å². The number of rotatable bonds is 6. The Morgan fingerprint density at radius 1 is 1.40 bits per heavy atom. The Balaban J connectivity index is 1.65. The molecule has 0 amide bonds. The summed E-state index contributed by atoms with van der Waals surface area (Å²) in [6, 6.07) is 0. The first-order valence-electron chi connectivity index (χ1n) is 8.77. The fourth-order valence-corrected chi connectivity index (χ4v) is 4.48. The number of hydrogen-bond donors (Lipinski definition) is 2. The molecule has 0 fully saturated rings. The smallest absolute Gasteiger partial charge is 0.259 e. The number of thiophene rings is 1. The molecule has 7 heteroatoms. The standard InChI is InChI=1S/C18H27N3O3S/c1-18(2,3)24-10-11(22)8-21(4)9-14-19-16(23)15-12-6-5-7-13(12)25-17(15)20-14/h11,22H,5-10H2,1-4H3,(H,19,20,23)/t11-/m0/s1. The molecule has 0 spiro atoms. The average Bonchev–Trinajstić information content (AvgIpc) is 3.04.